The SMILES string of the molecule is CN(Cc1ccccc1)C(=O)CN(C1CC1)S(C)(=O)=O. The molecule has 0 saturated heterocycles. The van der Waals surface area contributed by atoms with E-state index in [-0.39, 0.29) is 18.5 Å². The zero-order chi connectivity index (χ0) is 14.8. The Morgan fingerprint density at radius 1 is 1.25 bits per heavy atom. The fourth-order valence-electron chi connectivity index (χ4n) is 2.08. The van der Waals surface area contributed by atoms with E-state index in [1.807, 2.05) is 30.3 Å². The Morgan fingerprint density at radius 2 is 1.85 bits per heavy atom. The van der Waals surface area contributed by atoms with Gasteiger partial charge in [-0.3, -0.25) is 4.79 Å². The highest BCUT2D eigenvalue weighted by molar-refractivity contribution is 7.88. The summed E-state index contributed by atoms with van der Waals surface area (Å²) in [5.41, 5.74) is 1.03. The van der Waals surface area contributed by atoms with Crippen molar-refractivity contribution < 1.29 is 13.2 Å². The third-order valence-electron chi connectivity index (χ3n) is 3.36. The fraction of sp³-hybridized carbons (Fsp3) is 0.500. The van der Waals surface area contributed by atoms with Crippen molar-refractivity contribution in [2.75, 3.05) is 19.8 Å². The van der Waals surface area contributed by atoms with E-state index in [1.54, 1.807) is 11.9 Å². The standard InChI is InChI=1S/C14H20N2O3S/c1-15(10-12-6-4-3-5-7-12)14(17)11-16(13-8-9-13)20(2,18)19/h3-7,13H,8-11H2,1-2H3. The minimum atomic E-state index is -3.32. The van der Waals surface area contributed by atoms with E-state index >= 15 is 0 Å². The van der Waals surface area contributed by atoms with E-state index in [0.717, 1.165) is 24.7 Å². The van der Waals surface area contributed by atoms with Gasteiger partial charge in [0.2, 0.25) is 15.9 Å². The summed E-state index contributed by atoms with van der Waals surface area (Å²) in [5, 5.41) is 0. The minimum absolute atomic E-state index is 0.0130. The number of hydrogen-bond acceptors (Lipinski definition) is 3. The molecule has 1 aromatic rings. The third kappa shape index (κ3) is 4.05. The number of hydrogen-bond donors (Lipinski definition) is 0. The van der Waals surface area contributed by atoms with Crippen molar-refractivity contribution >= 4 is 15.9 Å². The van der Waals surface area contributed by atoms with Crippen LogP contribution in [0.4, 0.5) is 0 Å². The summed E-state index contributed by atoms with van der Waals surface area (Å²) in [6.45, 7) is 0.425. The van der Waals surface area contributed by atoms with Gasteiger partial charge in [0.05, 0.1) is 12.8 Å². The summed E-state index contributed by atoms with van der Waals surface area (Å²) in [5.74, 6) is -0.175. The highest BCUT2D eigenvalue weighted by Gasteiger charge is 2.36. The van der Waals surface area contributed by atoms with Crippen LogP contribution >= 0.6 is 0 Å². The molecule has 0 unspecified atom stereocenters. The van der Waals surface area contributed by atoms with Crippen LogP contribution in [0.15, 0.2) is 30.3 Å². The zero-order valence-corrected chi connectivity index (χ0v) is 12.6. The highest BCUT2D eigenvalue weighted by atomic mass is 32.2. The normalized spacial score (nSPS) is 15.3. The Labute approximate surface area is 120 Å². The Kier molecular flexibility index (Phi) is 4.45. The van der Waals surface area contributed by atoms with Crippen molar-refractivity contribution in [2.24, 2.45) is 0 Å². The van der Waals surface area contributed by atoms with Crippen LogP contribution in [0.5, 0.6) is 0 Å². The van der Waals surface area contributed by atoms with Crippen molar-refractivity contribution in [3.05, 3.63) is 35.9 Å². The highest BCUT2D eigenvalue weighted by Crippen LogP contribution is 2.28. The van der Waals surface area contributed by atoms with Gasteiger partial charge in [0.15, 0.2) is 0 Å². The summed E-state index contributed by atoms with van der Waals surface area (Å²) in [6, 6.07) is 9.66. The monoisotopic (exact) mass is 296 g/mol. The van der Waals surface area contributed by atoms with E-state index < -0.39 is 10.0 Å². The molecule has 5 nitrogen and oxygen atoms in total. The quantitative estimate of drug-likeness (QED) is 0.789. The molecule has 1 amide bonds. The number of carbonyl (C=O) groups excluding carboxylic acids is 1. The molecule has 110 valence electrons. The number of nitrogens with zero attached hydrogens (tertiary/aromatic N) is 2. The van der Waals surface area contributed by atoms with Gasteiger partial charge in [0, 0.05) is 19.6 Å². The number of benzene rings is 1. The van der Waals surface area contributed by atoms with Crippen LogP contribution < -0.4 is 0 Å². The first-order valence-corrected chi connectivity index (χ1v) is 8.47. The van der Waals surface area contributed by atoms with Gasteiger partial charge in [0.25, 0.3) is 0 Å². The Hall–Kier alpha value is -1.40. The molecule has 6 heteroatoms. The van der Waals surface area contributed by atoms with Crippen LogP contribution in [0.1, 0.15) is 18.4 Å². The summed E-state index contributed by atoms with van der Waals surface area (Å²) in [7, 11) is -1.62. The lowest BCUT2D eigenvalue weighted by Crippen LogP contribution is -2.41. The maximum absolute atomic E-state index is 12.2. The summed E-state index contributed by atoms with van der Waals surface area (Å²) >= 11 is 0. The first-order valence-electron chi connectivity index (χ1n) is 6.62. The van der Waals surface area contributed by atoms with Gasteiger partial charge in [-0.2, -0.15) is 4.31 Å². The first kappa shape index (κ1) is 15.0. The molecule has 1 aliphatic rings. The third-order valence-corrected chi connectivity index (χ3v) is 4.64. The first-order chi connectivity index (χ1) is 9.38. The molecule has 0 radical (unpaired) electrons. The molecule has 0 atom stereocenters. The molecule has 1 aliphatic carbocycles. The smallest absolute Gasteiger partial charge is 0.237 e. The van der Waals surface area contributed by atoms with E-state index in [1.165, 1.54) is 4.31 Å². The van der Waals surface area contributed by atoms with Crippen molar-refractivity contribution in [1.29, 1.82) is 0 Å². The molecular weight excluding hydrogens is 276 g/mol. The Bertz CT molecular complexity index is 567. The van der Waals surface area contributed by atoms with Gasteiger partial charge in [0.1, 0.15) is 0 Å². The topological polar surface area (TPSA) is 57.7 Å². The molecule has 1 aromatic carbocycles. The van der Waals surface area contributed by atoms with Crippen LogP contribution in [0, 0.1) is 0 Å². The van der Waals surface area contributed by atoms with E-state index in [4.69, 9.17) is 0 Å². The molecular formula is C14H20N2O3S. The van der Waals surface area contributed by atoms with Crippen LogP contribution in [0.2, 0.25) is 0 Å². The molecule has 0 spiro atoms. The Balaban J connectivity index is 1.96. The molecule has 1 saturated carbocycles. The van der Waals surface area contributed by atoms with Crippen molar-refractivity contribution in [3.63, 3.8) is 0 Å². The van der Waals surface area contributed by atoms with E-state index in [9.17, 15) is 13.2 Å². The van der Waals surface area contributed by atoms with E-state index in [2.05, 4.69) is 0 Å². The molecule has 0 aromatic heterocycles. The van der Waals surface area contributed by atoms with Gasteiger partial charge in [-0.15, -0.1) is 0 Å². The second-order valence-electron chi connectivity index (χ2n) is 5.27. The lowest BCUT2D eigenvalue weighted by Gasteiger charge is -2.23. The number of rotatable bonds is 6. The molecule has 0 aliphatic heterocycles. The lowest BCUT2D eigenvalue weighted by atomic mass is 10.2. The molecule has 2 rings (SSSR count). The number of likely N-dealkylation sites (N-methyl/N-ethyl adjacent to an activating group) is 1. The summed E-state index contributed by atoms with van der Waals surface area (Å²) < 4.78 is 24.7. The second-order valence-corrected chi connectivity index (χ2v) is 7.21. The van der Waals surface area contributed by atoms with E-state index in [0.29, 0.717) is 6.54 Å². The average molecular weight is 296 g/mol. The molecule has 1 fully saturated rings. The largest absolute Gasteiger partial charge is 0.340 e. The predicted octanol–water partition coefficient (Wildman–Crippen LogP) is 1.07. The lowest BCUT2D eigenvalue weighted by molar-refractivity contribution is -0.130. The van der Waals surface area contributed by atoms with Gasteiger partial charge < -0.3 is 4.90 Å². The fourth-order valence-corrected chi connectivity index (χ4v) is 3.18. The number of sulfonamides is 1. The molecule has 20 heavy (non-hydrogen) atoms. The van der Waals surface area contributed by atoms with Crippen molar-refractivity contribution in [3.8, 4) is 0 Å². The maximum Gasteiger partial charge on any atom is 0.237 e. The second kappa shape index (κ2) is 5.93. The van der Waals surface area contributed by atoms with Crippen molar-refractivity contribution in [2.45, 2.75) is 25.4 Å². The summed E-state index contributed by atoms with van der Waals surface area (Å²) in [4.78, 5) is 13.7. The Morgan fingerprint density at radius 3 is 2.35 bits per heavy atom. The van der Waals surface area contributed by atoms with Crippen LogP contribution in [0.25, 0.3) is 0 Å². The van der Waals surface area contributed by atoms with Crippen LogP contribution in [-0.4, -0.2) is 49.4 Å². The van der Waals surface area contributed by atoms with Gasteiger partial charge in [-0.25, -0.2) is 8.42 Å². The van der Waals surface area contributed by atoms with Crippen LogP contribution in [-0.2, 0) is 21.4 Å². The maximum atomic E-state index is 12.2. The molecule has 0 bridgehead atoms. The molecule has 0 heterocycles. The predicted molar refractivity (Wildman–Crippen MR) is 77.5 cm³/mol. The number of carbonyl (C=O) groups is 1. The van der Waals surface area contributed by atoms with Gasteiger partial charge in [-0.05, 0) is 18.4 Å². The van der Waals surface area contributed by atoms with Crippen LogP contribution in [0.3, 0.4) is 0 Å². The zero-order valence-electron chi connectivity index (χ0n) is 11.8. The molecule has 0 N–H and O–H groups in total. The van der Waals surface area contributed by atoms with Gasteiger partial charge >= 0.3 is 0 Å². The van der Waals surface area contributed by atoms with Gasteiger partial charge in [-0.1, -0.05) is 30.3 Å². The minimum Gasteiger partial charge on any atom is -0.340 e. The summed E-state index contributed by atoms with van der Waals surface area (Å²) in [6.07, 6.45) is 2.86. The number of amides is 1. The van der Waals surface area contributed by atoms with Crippen molar-refractivity contribution in [1.82, 2.24) is 9.21 Å². The average Bonchev–Trinajstić information content (AvgIpc) is 3.19.